The minimum Gasteiger partial charge on any atom is -0.464 e. The Morgan fingerprint density at radius 3 is 3.11 bits per heavy atom. The van der Waals surface area contributed by atoms with Gasteiger partial charge in [0.25, 0.3) is 0 Å². The Balaban J connectivity index is 0.000000162. The molecule has 0 bridgehead atoms. The van der Waals surface area contributed by atoms with Crippen molar-refractivity contribution in [1.29, 1.82) is 0 Å². The van der Waals surface area contributed by atoms with Crippen molar-refractivity contribution >= 4 is 28.2 Å². The van der Waals surface area contributed by atoms with Gasteiger partial charge in [0.05, 0.1) is 35.5 Å². The summed E-state index contributed by atoms with van der Waals surface area (Å²) in [5, 5.41) is 4.14. The van der Waals surface area contributed by atoms with Crippen LogP contribution in [0.25, 0.3) is 11.0 Å². The average Bonchev–Trinajstić information content (AvgIpc) is 3.46. The molecule has 6 nitrogen and oxygen atoms in total. The third kappa shape index (κ3) is 4.31. The highest BCUT2D eigenvalue weighted by Gasteiger charge is 2.22. The highest BCUT2D eigenvalue weighted by Crippen LogP contribution is 2.17. The van der Waals surface area contributed by atoms with Crippen LogP contribution in [-0.2, 0) is 24.2 Å². The van der Waals surface area contributed by atoms with E-state index in [2.05, 4.69) is 34.0 Å². The van der Waals surface area contributed by atoms with Gasteiger partial charge in [-0.05, 0) is 24.6 Å². The SMILES string of the molecule is Cc1ccc2ccoc2c1.O=C(CCc1nccs1)N1CCc2nc[nH]c2C1. The number of amides is 1. The number of carbonyl (C=O) groups is 1. The number of nitrogens with zero attached hydrogens (tertiary/aromatic N) is 3. The number of nitrogens with one attached hydrogen (secondary N) is 1. The number of aromatic amines is 1. The van der Waals surface area contributed by atoms with Crippen molar-refractivity contribution < 1.29 is 9.21 Å². The summed E-state index contributed by atoms with van der Waals surface area (Å²) in [7, 11) is 0. The quantitative estimate of drug-likeness (QED) is 0.567. The molecule has 1 aliphatic heterocycles. The zero-order chi connectivity index (χ0) is 19.3. The number of fused-ring (bicyclic) bond motifs is 2. The summed E-state index contributed by atoms with van der Waals surface area (Å²) in [5.41, 5.74) is 4.38. The Kier molecular flexibility index (Phi) is 5.53. The third-order valence-corrected chi connectivity index (χ3v) is 5.61. The number of hydrogen-bond acceptors (Lipinski definition) is 5. The molecule has 7 heteroatoms. The Morgan fingerprint density at radius 1 is 1.32 bits per heavy atom. The summed E-state index contributed by atoms with van der Waals surface area (Å²) in [6.45, 7) is 3.49. The van der Waals surface area contributed by atoms with Crippen LogP contribution in [0.15, 0.2) is 52.9 Å². The molecule has 0 unspecified atom stereocenters. The predicted octanol–water partition coefficient (Wildman–Crippen LogP) is 4.12. The smallest absolute Gasteiger partial charge is 0.223 e. The second-order valence-electron chi connectivity index (χ2n) is 6.78. The molecule has 0 fully saturated rings. The van der Waals surface area contributed by atoms with Crippen LogP contribution in [0.2, 0.25) is 0 Å². The largest absolute Gasteiger partial charge is 0.464 e. The van der Waals surface area contributed by atoms with Crippen molar-refractivity contribution in [2.45, 2.75) is 32.7 Å². The Bertz CT molecular complexity index is 1050. The first-order valence-electron chi connectivity index (χ1n) is 9.30. The fourth-order valence-electron chi connectivity index (χ4n) is 3.24. The molecule has 3 aromatic heterocycles. The predicted molar refractivity (Wildman–Crippen MR) is 109 cm³/mol. The molecule has 0 radical (unpaired) electrons. The summed E-state index contributed by atoms with van der Waals surface area (Å²) >= 11 is 1.60. The van der Waals surface area contributed by atoms with Gasteiger partial charge >= 0.3 is 0 Å². The summed E-state index contributed by atoms with van der Waals surface area (Å²) in [6.07, 6.45) is 7.32. The van der Waals surface area contributed by atoms with Gasteiger partial charge in [0, 0.05) is 42.8 Å². The van der Waals surface area contributed by atoms with Crippen LogP contribution in [0, 0.1) is 6.92 Å². The fourth-order valence-corrected chi connectivity index (χ4v) is 3.86. The van der Waals surface area contributed by atoms with E-state index in [0.717, 1.165) is 41.4 Å². The van der Waals surface area contributed by atoms with E-state index in [1.165, 1.54) is 10.9 Å². The lowest BCUT2D eigenvalue weighted by molar-refractivity contribution is -0.132. The zero-order valence-corrected chi connectivity index (χ0v) is 16.5. The molecule has 0 aliphatic carbocycles. The molecule has 1 N–H and O–H groups in total. The summed E-state index contributed by atoms with van der Waals surface area (Å²) in [5.74, 6) is 0.199. The second kappa shape index (κ2) is 8.39. The van der Waals surface area contributed by atoms with Crippen LogP contribution in [0.1, 0.15) is 28.4 Å². The lowest BCUT2D eigenvalue weighted by Gasteiger charge is -2.26. The second-order valence-corrected chi connectivity index (χ2v) is 7.76. The highest BCUT2D eigenvalue weighted by atomic mass is 32.1. The first-order chi connectivity index (χ1) is 13.7. The summed E-state index contributed by atoms with van der Waals surface area (Å²) in [6, 6.07) is 8.15. The molecular formula is C21H22N4O2S. The molecule has 0 saturated carbocycles. The van der Waals surface area contributed by atoms with Gasteiger partial charge in [-0.25, -0.2) is 9.97 Å². The fraction of sp³-hybridized carbons (Fsp3) is 0.286. The van der Waals surface area contributed by atoms with Gasteiger partial charge in [0.1, 0.15) is 5.58 Å². The van der Waals surface area contributed by atoms with Crippen molar-refractivity contribution in [1.82, 2.24) is 19.9 Å². The molecule has 4 heterocycles. The maximum atomic E-state index is 12.1. The number of carbonyl (C=O) groups excluding carboxylic acids is 1. The van der Waals surface area contributed by atoms with Crippen LogP contribution in [-0.4, -0.2) is 32.3 Å². The molecule has 0 atom stereocenters. The maximum Gasteiger partial charge on any atom is 0.223 e. The molecule has 1 aliphatic rings. The van der Waals surface area contributed by atoms with E-state index >= 15 is 0 Å². The monoisotopic (exact) mass is 394 g/mol. The lowest BCUT2D eigenvalue weighted by atomic mass is 10.1. The van der Waals surface area contributed by atoms with Gasteiger partial charge < -0.3 is 14.3 Å². The Hall–Kier alpha value is -2.93. The number of aryl methyl sites for hydroxylation is 2. The molecule has 1 aromatic carbocycles. The number of imidazole rings is 1. The normalized spacial score (nSPS) is 13.1. The van der Waals surface area contributed by atoms with Crippen molar-refractivity contribution in [2.24, 2.45) is 0 Å². The van der Waals surface area contributed by atoms with Gasteiger partial charge in [-0.3, -0.25) is 4.79 Å². The lowest BCUT2D eigenvalue weighted by Crippen LogP contribution is -2.36. The average molecular weight is 395 g/mol. The number of thiazole rings is 1. The van der Waals surface area contributed by atoms with E-state index in [9.17, 15) is 4.79 Å². The van der Waals surface area contributed by atoms with E-state index in [1.54, 1.807) is 30.1 Å². The molecular weight excluding hydrogens is 372 g/mol. The van der Waals surface area contributed by atoms with Crippen molar-refractivity contribution in [3.8, 4) is 0 Å². The molecule has 4 aromatic rings. The Morgan fingerprint density at radius 2 is 2.25 bits per heavy atom. The van der Waals surface area contributed by atoms with Gasteiger partial charge in [0.2, 0.25) is 5.91 Å². The van der Waals surface area contributed by atoms with Crippen LogP contribution in [0.4, 0.5) is 0 Å². The summed E-state index contributed by atoms with van der Waals surface area (Å²) in [4.78, 5) is 25.5. The standard InChI is InChI=1S/C12H14N4OS.C9H8O/c17-12(2-1-11-13-4-6-18-11)16-5-3-9-10(7-16)15-8-14-9;1-7-2-3-8-4-5-10-9(8)6-7/h4,6,8H,1-3,5,7H2,(H,14,15);2-6H,1H3. The first-order valence-corrected chi connectivity index (χ1v) is 10.2. The van der Waals surface area contributed by atoms with Crippen molar-refractivity contribution in [3.63, 3.8) is 0 Å². The zero-order valence-electron chi connectivity index (χ0n) is 15.7. The topological polar surface area (TPSA) is 75.0 Å². The van der Waals surface area contributed by atoms with E-state index in [0.29, 0.717) is 13.0 Å². The van der Waals surface area contributed by atoms with Crippen LogP contribution in [0.3, 0.4) is 0 Å². The minimum atomic E-state index is 0.199. The van der Waals surface area contributed by atoms with E-state index in [-0.39, 0.29) is 5.91 Å². The molecule has 28 heavy (non-hydrogen) atoms. The van der Waals surface area contributed by atoms with E-state index < -0.39 is 0 Å². The first kappa shape index (κ1) is 18.4. The third-order valence-electron chi connectivity index (χ3n) is 4.78. The Labute approximate surface area is 167 Å². The number of H-pyrrole nitrogens is 1. The van der Waals surface area contributed by atoms with Crippen molar-refractivity contribution in [3.05, 3.63) is 70.4 Å². The van der Waals surface area contributed by atoms with Gasteiger partial charge in [-0.2, -0.15) is 0 Å². The number of hydrogen-bond donors (Lipinski definition) is 1. The van der Waals surface area contributed by atoms with E-state index in [4.69, 9.17) is 4.42 Å². The molecule has 1 amide bonds. The number of benzene rings is 1. The molecule has 5 rings (SSSR count). The van der Waals surface area contributed by atoms with Gasteiger partial charge in [0.15, 0.2) is 0 Å². The highest BCUT2D eigenvalue weighted by molar-refractivity contribution is 7.09. The van der Waals surface area contributed by atoms with Crippen molar-refractivity contribution in [2.75, 3.05) is 6.54 Å². The minimum absolute atomic E-state index is 0.199. The van der Waals surface area contributed by atoms with Gasteiger partial charge in [-0.1, -0.05) is 12.1 Å². The molecule has 0 saturated heterocycles. The number of furan rings is 1. The molecule has 144 valence electrons. The molecule has 0 spiro atoms. The van der Waals surface area contributed by atoms with Crippen LogP contribution >= 0.6 is 11.3 Å². The number of aromatic nitrogens is 3. The van der Waals surface area contributed by atoms with Crippen LogP contribution < -0.4 is 0 Å². The van der Waals surface area contributed by atoms with Gasteiger partial charge in [-0.15, -0.1) is 11.3 Å². The summed E-state index contributed by atoms with van der Waals surface area (Å²) < 4.78 is 5.20. The maximum absolute atomic E-state index is 12.1. The van der Waals surface area contributed by atoms with E-state index in [1.807, 2.05) is 22.4 Å². The van der Waals surface area contributed by atoms with Crippen LogP contribution in [0.5, 0.6) is 0 Å². The number of rotatable bonds is 3.